The molecule has 1 saturated heterocycles. The fourth-order valence-corrected chi connectivity index (χ4v) is 2.28. The fraction of sp³-hybridized carbons (Fsp3) is 0.357. The normalized spacial score (nSPS) is 20.2. The molecule has 1 aromatic rings. The molecule has 2 atom stereocenters. The smallest absolute Gasteiger partial charge is 0.327 e. The van der Waals surface area contributed by atoms with E-state index in [-0.39, 0.29) is 18.6 Å². The summed E-state index contributed by atoms with van der Waals surface area (Å²) in [6, 6.07) is 4.80. The number of aliphatic carboxylic acids is 1. The van der Waals surface area contributed by atoms with E-state index in [0.29, 0.717) is 5.56 Å². The van der Waals surface area contributed by atoms with Crippen molar-refractivity contribution in [3.8, 4) is 5.75 Å². The van der Waals surface area contributed by atoms with Gasteiger partial charge in [-0.05, 0) is 17.7 Å². The number of aromatic hydroxyl groups is 1. The Hall–Kier alpha value is -2.37. The molecular formula is C14H15NO5. The van der Waals surface area contributed by atoms with E-state index in [1.165, 1.54) is 12.1 Å². The lowest BCUT2D eigenvalue weighted by molar-refractivity contribution is -0.154. The third-order valence-corrected chi connectivity index (χ3v) is 3.37. The summed E-state index contributed by atoms with van der Waals surface area (Å²) in [4.78, 5) is 35.9. The highest BCUT2D eigenvalue weighted by Crippen LogP contribution is 2.23. The van der Waals surface area contributed by atoms with Gasteiger partial charge < -0.3 is 10.2 Å². The zero-order valence-electron chi connectivity index (χ0n) is 10.9. The van der Waals surface area contributed by atoms with E-state index in [2.05, 4.69) is 0 Å². The van der Waals surface area contributed by atoms with Crippen LogP contribution in [0.3, 0.4) is 0 Å². The number of benzene rings is 1. The van der Waals surface area contributed by atoms with Gasteiger partial charge in [-0.25, -0.2) is 4.79 Å². The van der Waals surface area contributed by atoms with Crippen LogP contribution in [0.5, 0.6) is 5.75 Å². The molecule has 0 bridgehead atoms. The number of carbonyl (C=O) groups excluding carboxylic acids is 2. The lowest BCUT2D eigenvalue weighted by Crippen LogP contribution is -2.46. The summed E-state index contributed by atoms with van der Waals surface area (Å²) in [5.41, 5.74) is 0.635. The second-order valence-corrected chi connectivity index (χ2v) is 4.93. The lowest BCUT2D eigenvalue weighted by Gasteiger charge is -2.23. The summed E-state index contributed by atoms with van der Waals surface area (Å²) in [5.74, 6) is -2.50. The standard InChI is InChI=1S/C14H15NO5/c1-8-6-12(17)15(13(8)18)11(14(19)20)7-9-2-4-10(16)5-3-9/h2-5,8,11,16H,6-7H2,1H3,(H,19,20). The van der Waals surface area contributed by atoms with E-state index < -0.39 is 29.7 Å². The minimum atomic E-state index is -1.21. The number of hydrogen-bond donors (Lipinski definition) is 2. The van der Waals surface area contributed by atoms with Gasteiger partial charge in [0.1, 0.15) is 11.8 Å². The van der Waals surface area contributed by atoms with Crippen LogP contribution in [0, 0.1) is 5.92 Å². The summed E-state index contributed by atoms with van der Waals surface area (Å²) >= 11 is 0. The first-order valence-electron chi connectivity index (χ1n) is 6.26. The van der Waals surface area contributed by atoms with Gasteiger partial charge in [0.25, 0.3) is 0 Å². The monoisotopic (exact) mass is 277 g/mol. The Balaban J connectivity index is 2.24. The minimum absolute atomic E-state index is 0.0276. The van der Waals surface area contributed by atoms with Crippen LogP contribution >= 0.6 is 0 Å². The molecule has 106 valence electrons. The van der Waals surface area contributed by atoms with Crippen LogP contribution in [-0.2, 0) is 20.8 Å². The predicted octanol–water partition coefficient (Wildman–Crippen LogP) is 0.783. The first-order chi connectivity index (χ1) is 9.40. The van der Waals surface area contributed by atoms with Gasteiger partial charge in [-0.2, -0.15) is 0 Å². The highest BCUT2D eigenvalue weighted by molar-refractivity contribution is 6.06. The van der Waals surface area contributed by atoms with E-state index in [0.717, 1.165) is 4.90 Å². The molecule has 2 unspecified atom stereocenters. The molecular weight excluding hydrogens is 262 g/mol. The van der Waals surface area contributed by atoms with Crippen molar-refractivity contribution < 1.29 is 24.6 Å². The number of carbonyl (C=O) groups is 3. The van der Waals surface area contributed by atoms with Gasteiger partial charge >= 0.3 is 5.97 Å². The molecule has 2 N–H and O–H groups in total. The summed E-state index contributed by atoms with van der Waals surface area (Å²) in [7, 11) is 0. The summed E-state index contributed by atoms with van der Waals surface area (Å²) in [6.07, 6.45) is 0.0814. The SMILES string of the molecule is CC1CC(=O)N(C(Cc2ccc(O)cc2)C(=O)O)C1=O. The third kappa shape index (κ3) is 2.64. The number of rotatable bonds is 4. The largest absolute Gasteiger partial charge is 0.508 e. The second kappa shape index (κ2) is 5.32. The second-order valence-electron chi connectivity index (χ2n) is 4.93. The Labute approximate surface area is 115 Å². The topological polar surface area (TPSA) is 94.9 Å². The molecule has 0 aromatic heterocycles. The highest BCUT2D eigenvalue weighted by Gasteiger charge is 2.42. The van der Waals surface area contributed by atoms with Gasteiger partial charge in [0.15, 0.2) is 0 Å². The highest BCUT2D eigenvalue weighted by atomic mass is 16.4. The van der Waals surface area contributed by atoms with Crippen molar-refractivity contribution in [2.24, 2.45) is 5.92 Å². The summed E-state index contributed by atoms with van der Waals surface area (Å²) in [5, 5.41) is 18.5. The van der Waals surface area contributed by atoms with Crippen LogP contribution in [-0.4, -0.2) is 38.9 Å². The molecule has 6 nitrogen and oxygen atoms in total. The summed E-state index contributed by atoms with van der Waals surface area (Å²) in [6.45, 7) is 1.61. The van der Waals surface area contributed by atoms with Crippen molar-refractivity contribution in [1.29, 1.82) is 0 Å². The van der Waals surface area contributed by atoms with Crippen molar-refractivity contribution >= 4 is 17.8 Å². The number of phenolic OH excluding ortho intramolecular Hbond substituents is 1. The zero-order chi connectivity index (χ0) is 14.9. The Bertz CT molecular complexity index is 551. The minimum Gasteiger partial charge on any atom is -0.508 e. The number of carboxylic acids is 1. The molecule has 6 heteroatoms. The molecule has 1 heterocycles. The number of likely N-dealkylation sites (tertiary alicyclic amines) is 1. The molecule has 20 heavy (non-hydrogen) atoms. The molecule has 1 fully saturated rings. The maximum Gasteiger partial charge on any atom is 0.327 e. The van der Waals surface area contributed by atoms with E-state index >= 15 is 0 Å². The average molecular weight is 277 g/mol. The van der Waals surface area contributed by atoms with E-state index in [1.807, 2.05) is 0 Å². The van der Waals surface area contributed by atoms with Crippen molar-refractivity contribution in [3.05, 3.63) is 29.8 Å². The maximum absolute atomic E-state index is 11.9. The molecule has 0 saturated carbocycles. The Morgan fingerprint density at radius 1 is 1.35 bits per heavy atom. The van der Waals surface area contributed by atoms with Crippen LogP contribution < -0.4 is 0 Å². The quantitative estimate of drug-likeness (QED) is 0.793. The predicted molar refractivity (Wildman–Crippen MR) is 68.9 cm³/mol. The maximum atomic E-state index is 11.9. The third-order valence-electron chi connectivity index (χ3n) is 3.37. The van der Waals surface area contributed by atoms with Gasteiger partial charge in [0, 0.05) is 18.8 Å². The van der Waals surface area contributed by atoms with Crippen LogP contribution in [0.25, 0.3) is 0 Å². The van der Waals surface area contributed by atoms with E-state index in [4.69, 9.17) is 0 Å². The van der Waals surface area contributed by atoms with Gasteiger partial charge in [0.05, 0.1) is 0 Å². The first-order valence-corrected chi connectivity index (χ1v) is 6.26. The first kappa shape index (κ1) is 14.0. The Morgan fingerprint density at radius 3 is 2.40 bits per heavy atom. The number of phenols is 1. The van der Waals surface area contributed by atoms with Crippen LogP contribution in [0.1, 0.15) is 18.9 Å². The van der Waals surface area contributed by atoms with Crippen LogP contribution in [0.2, 0.25) is 0 Å². The molecule has 0 radical (unpaired) electrons. The van der Waals surface area contributed by atoms with Crippen molar-refractivity contribution in [1.82, 2.24) is 4.90 Å². The fourth-order valence-electron chi connectivity index (χ4n) is 2.28. The molecule has 2 amide bonds. The molecule has 1 aromatic carbocycles. The van der Waals surface area contributed by atoms with Crippen molar-refractivity contribution in [2.45, 2.75) is 25.8 Å². The Kier molecular flexibility index (Phi) is 3.74. The molecule has 0 spiro atoms. The molecule has 1 aliphatic heterocycles. The number of hydrogen-bond acceptors (Lipinski definition) is 4. The number of amides is 2. The zero-order valence-corrected chi connectivity index (χ0v) is 10.9. The van der Waals surface area contributed by atoms with Gasteiger partial charge in [-0.15, -0.1) is 0 Å². The number of imide groups is 1. The van der Waals surface area contributed by atoms with Crippen molar-refractivity contribution in [3.63, 3.8) is 0 Å². The Morgan fingerprint density at radius 2 is 1.95 bits per heavy atom. The summed E-state index contributed by atoms with van der Waals surface area (Å²) < 4.78 is 0. The van der Waals surface area contributed by atoms with Gasteiger partial charge in [0.2, 0.25) is 11.8 Å². The number of nitrogens with zero attached hydrogens (tertiary/aromatic N) is 1. The van der Waals surface area contributed by atoms with E-state index in [1.54, 1.807) is 19.1 Å². The number of carboxylic acid groups (broad SMARTS) is 1. The molecule has 2 rings (SSSR count). The average Bonchev–Trinajstić information content (AvgIpc) is 2.63. The van der Waals surface area contributed by atoms with E-state index in [9.17, 15) is 24.6 Å². The van der Waals surface area contributed by atoms with Gasteiger partial charge in [-0.3, -0.25) is 14.5 Å². The van der Waals surface area contributed by atoms with Gasteiger partial charge in [-0.1, -0.05) is 19.1 Å². The van der Waals surface area contributed by atoms with Crippen LogP contribution in [0.4, 0.5) is 0 Å². The van der Waals surface area contributed by atoms with Crippen molar-refractivity contribution in [2.75, 3.05) is 0 Å². The van der Waals surface area contributed by atoms with Crippen LogP contribution in [0.15, 0.2) is 24.3 Å². The molecule has 1 aliphatic rings. The lowest BCUT2D eigenvalue weighted by atomic mass is 10.0. The molecule has 0 aliphatic carbocycles.